The molecule has 0 aliphatic heterocycles. The van der Waals surface area contributed by atoms with Gasteiger partial charge in [0.1, 0.15) is 23.7 Å². The van der Waals surface area contributed by atoms with Crippen molar-refractivity contribution in [2.45, 2.75) is 37.9 Å². The topological polar surface area (TPSA) is 129 Å². The zero-order valence-electron chi connectivity index (χ0n) is 15.0. The minimum absolute atomic E-state index is 0.0363. The van der Waals surface area contributed by atoms with Crippen molar-refractivity contribution in [3.8, 4) is 11.5 Å². The van der Waals surface area contributed by atoms with Crippen molar-refractivity contribution in [1.29, 1.82) is 0 Å². The Hall–Kier alpha value is -2.52. The largest absolute Gasteiger partial charge is 0.507 e. The highest BCUT2D eigenvalue weighted by Crippen LogP contribution is 2.26. The molecule has 0 saturated carbocycles. The number of ether oxygens (including phenoxy) is 2. The van der Waals surface area contributed by atoms with Crippen LogP contribution in [0, 0.1) is 0 Å². The summed E-state index contributed by atoms with van der Waals surface area (Å²) in [4.78, 5) is 16.4. The monoisotopic (exact) mass is 377 g/mol. The first kappa shape index (κ1) is 20.8. The van der Waals surface area contributed by atoms with Crippen LogP contribution in [0.25, 0.3) is 0 Å². The molecule has 0 spiro atoms. The van der Waals surface area contributed by atoms with Crippen molar-refractivity contribution in [2.75, 3.05) is 7.11 Å². The number of methoxy groups -OCH3 is 1. The SMILES string of the molecule is CO[C@@H](Oc1ccc(C(=O)Cc2ccccn2)c(O)c1)[C@@H](O)[C@@H](O)[C@H](C)O. The van der Waals surface area contributed by atoms with E-state index in [-0.39, 0.29) is 29.3 Å². The van der Waals surface area contributed by atoms with Crippen molar-refractivity contribution >= 4 is 5.78 Å². The molecule has 8 nitrogen and oxygen atoms in total. The number of carbonyl (C=O) groups excluding carboxylic acids is 1. The third-order valence-corrected chi connectivity index (χ3v) is 3.94. The van der Waals surface area contributed by atoms with Gasteiger partial charge in [0, 0.05) is 25.1 Å². The van der Waals surface area contributed by atoms with Gasteiger partial charge >= 0.3 is 0 Å². The number of pyridine rings is 1. The highest BCUT2D eigenvalue weighted by molar-refractivity contribution is 5.99. The summed E-state index contributed by atoms with van der Waals surface area (Å²) in [6.07, 6.45) is -3.87. The molecule has 8 heteroatoms. The van der Waals surface area contributed by atoms with E-state index in [0.29, 0.717) is 5.69 Å². The van der Waals surface area contributed by atoms with Gasteiger partial charge in [-0.1, -0.05) is 6.07 Å². The van der Waals surface area contributed by atoms with Gasteiger partial charge in [-0.3, -0.25) is 9.78 Å². The maximum atomic E-state index is 12.3. The number of aliphatic hydroxyl groups is 3. The standard InChI is InChI=1S/C19H23NO7/c1-11(21)17(24)18(25)19(26-2)27-13-6-7-14(16(23)10-13)15(22)9-12-5-3-4-8-20-12/h3-8,10-11,17-19,21,23-25H,9H2,1-2H3/t11-,17-,18-,19-/m0/s1. The van der Waals surface area contributed by atoms with E-state index in [1.54, 1.807) is 24.4 Å². The fourth-order valence-corrected chi connectivity index (χ4v) is 2.42. The molecule has 0 aliphatic carbocycles. The highest BCUT2D eigenvalue weighted by Gasteiger charge is 2.31. The Balaban J connectivity index is 2.10. The van der Waals surface area contributed by atoms with Crippen LogP contribution in [0.5, 0.6) is 11.5 Å². The van der Waals surface area contributed by atoms with Crippen LogP contribution in [0.2, 0.25) is 0 Å². The smallest absolute Gasteiger partial charge is 0.228 e. The molecule has 27 heavy (non-hydrogen) atoms. The molecule has 1 heterocycles. The first-order valence-corrected chi connectivity index (χ1v) is 8.33. The van der Waals surface area contributed by atoms with Gasteiger partial charge < -0.3 is 29.9 Å². The van der Waals surface area contributed by atoms with Gasteiger partial charge in [0.25, 0.3) is 0 Å². The number of aliphatic hydroxyl groups excluding tert-OH is 3. The molecule has 0 aliphatic rings. The van der Waals surface area contributed by atoms with Gasteiger partial charge in [-0.15, -0.1) is 0 Å². The minimum Gasteiger partial charge on any atom is -0.507 e. The Kier molecular flexibility index (Phi) is 7.26. The molecule has 0 fully saturated rings. The van der Waals surface area contributed by atoms with Crippen molar-refractivity contribution in [2.24, 2.45) is 0 Å². The molecular weight excluding hydrogens is 354 g/mol. The quantitative estimate of drug-likeness (QED) is 0.371. The lowest BCUT2D eigenvalue weighted by Crippen LogP contribution is -2.46. The Morgan fingerprint density at radius 2 is 1.89 bits per heavy atom. The maximum Gasteiger partial charge on any atom is 0.228 e. The first-order chi connectivity index (χ1) is 12.8. The molecule has 0 unspecified atom stereocenters. The Bertz CT molecular complexity index is 751. The van der Waals surface area contributed by atoms with Crippen LogP contribution < -0.4 is 4.74 Å². The molecule has 0 amide bonds. The lowest BCUT2D eigenvalue weighted by Gasteiger charge is -2.27. The Labute approximate surface area is 156 Å². The fourth-order valence-electron chi connectivity index (χ4n) is 2.42. The van der Waals surface area contributed by atoms with E-state index in [1.807, 2.05) is 0 Å². The number of benzene rings is 1. The van der Waals surface area contributed by atoms with E-state index in [4.69, 9.17) is 9.47 Å². The number of rotatable bonds is 9. The first-order valence-electron chi connectivity index (χ1n) is 8.33. The molecular formula is C19H23NO7. The lowest BCUT2D eigenvalue weighted by atomic mass is 10.0. The third kappa shape index (κ3) is 5.48. The second-order valence-corrected chi connectivity index (χ2v) is 6.04. The molecule has 4 N–H and O–H groups in total. The van der Waals surface area contributed by atoms with E-state index in [9.17, 15) is 25.2 Å². The summed E-state index contributed by atoms with van der Waals surface area (Å²) in [5.74, 6) is -0.495. The van der Waals surface area contributed by atoms with E-state index in [2.05, 4.69) is 4.98 Å². The van der Waals surface area contributed by atoms with Gasteiger partial charge in [0.05, 0.1) is 18.1 Å². The number of ketones is 1. The van der Waals surface area contributed by atoms with Gasteiger partial charge in [-0.25, -0.2) is 0 Å². The average molecular weight is 377 g/mol. The number of Topliss-reactive ketones (excluding diaryl/α,β-unsaturated/α-hetero) is 1. The van der Waals surface area contributed by atoms with Gasteiger partial charge in [0.2, 0.25) is 6.29 Å². The van der Waals surface area contributed by atoms with Crippen LogP contribution >= 0.6 is 0 Å². The number of hydrogen-bond donors (Lipinski definition) is 4. The number of nitrogens with zero attached hydrogens (tertiary/aromatic N) is 1. The third-order valence-electron chi connectivity index (χ3n) is 3.94. The number of aromatic nitrogens is 1. The second kappa shape index (κ2) is 9.43. The second-order valence-electron chi connectivity index (χ2n) is 6.04. The predicted molar refractivity (Wildman–Crippen MR) is 95.5 cm³/mol. The normalized spacial score (nSPS) is 15.6. The number of hydrogen-bond acceptors (Lipinski definition) is 8. The maximum absolute atomic E-state index is 12.3. The summed E-state index contributed by atoms with van der Waals surface area (Å²) < 4.78 is 10.4. The van der Waals surface area contributed by atoms with Crippen LogP contribution in [-0.4, -0.2) is 62.9 Å². The molecule has 0 saturated heterocycles. The highest BCUT2D eigenvalue weighted by atomic mass is 16.7. The van der Waals surface area contributed by atoms with Crippen molar-refractivity contribution in [1.82, 2.24) is 4.98 Å². The number of phenolic OH excluding ortho intramolecular Hbond substituents is 1. The number of carbonyl (C=O) groups is 1. The molecule has 2 aromatic rings. The molecule has 1 aromatic carbocycles. The summed E-state index contributed by atoms with van der Waals surface area (Å²) >= 11 is 0. The van der Waals surface area contributed by atoms with Crippen LogP contribution in [-0.2, 0) is 11.2 Å². The van der Waals surface area contributed by atoms with Crippen LogP contribution in [0.4, 0.5) is 0 Å². The number of phenols is 1. The zero-order chi connectivity index (χ0) is 20.0. The molecule has 0 bridgehead atoms. The van der Waals surface area contributed by atoms with Gasteiger partial charge in [0.15, 0.2) is 5.78 Å². The van der Waals surface area contributed by atoms with Crippen LogP contribution in [0.1, 0.15) is 23.0 Å². The summed E-state index contributed by atoms with van der Waals surface area (Å²) in [5, 5.41) is 39.2. The van der Waals surface area contributed by atoms with Crippen molar-refractivity contribution < 1.29 is 34.7 Å². The Morgan fingerprint density at radius 1 is 1.15 bits per heavy atom. The van der Waals surface area contributed by atoms with E-state index >= 15 is 0 Å². The summed E-state index contributed by atoms with van der Waals surface area (Å²) in [6.45, 7) is 1.31. The molecule has 2 rings (SSSR count). The summed E-state index contributed by atoms with van der Waals surface area (Å²) in [7, 11) is 1.26. The van der Waals surface area contributed by atoms with E-state index in [0.717, 1.165) is 0 Å². The molecule has 1 aromatic heterocycles. The zero-order valence-corrected chi connectivity index (χ0v) is 15.0. The summed E-state index contributed by atoms with van der Waals surface area (Å²) in [5.41, 5.74) is 0.684. The molecule has 0 radical (unpaired) electrons. The lowest BCUT2D eigenvalue weighted by molar-refractivity contribution is -0.176. The van der Waals surface area contributed by atoms with Gasteiger partial charge in [-0.2, -0.15) is 0 Å². The predicted octanol–water partition coefficient (Wildman–Crippen LogP) is 0.666. The van der Waals surface area contributed by atoms with Crippen LogP contribution in [0.15, 0.2) is 42.6 Å². The minimum atomic E-state index is -1.53. The van der Waals surface area contributed by atoms with Gasteiger partial charge in [-0.05, 0) is 31.2 Å². The van der Waals surface area contributed by atoms with Crippen LogP contribution in [0.3, 0.4) is 0 Å². The van der Waals surface area contributed by atoms with Crippen molar-refractivity contribution in [3.63, 3.8) is 0 Å². The molecule has 4 atom stereocenters. The van der Waals surface area contributed by atoms with E-state index < -0.39 is 24.6 Å². The number of aromatic hydroxyl groups is 1. The molecule has 146 valence electrons. The van der Waals surface area contributed by atoms with Crippen molar-refractivity contribution in [3.05, 3.63) is 53.9 Å². The fraction of sp³-hybridized carbons (Fsp3) is 0.368. The average Bonchev–Trinajstić information content (AvgIpc) is 2.65. The van der Waals surface area contributed by atoms with E-state index in [1.165, 1.54) is 32.2 Å². The summed E-state index contributed by atoms with van der Waals surface area (Å²) in [6, 6.07) is 9.25. The Morgan fingerprint density at radius 3 is 2.44 bits per heavy atom.